The van der Waals surface area contributed by atoms with Gasteiger partial charge in [0.25, 0.3) is 5.91 Å². The van der Waals surface area contributed by atoms with Crippen LogP contribution in [0.5, 0.6) is 0 Å². The van der Waals surface area contributed by atoms with Gasteiger partial charge in [-0.2, -0.15) is 0 Å². The Labute approximate surface area is 128 Å². The van der Waals surface area contributed by atoms with Crippen molar-refractivity contribution in [2.45, 2.75) is 13.0 Å². The minimum Gasteiger partial charge on any atom is -0.394 e. The van der Waals surface area contributed by atoms with E-state index in [0.717, 1.165) is 22.0 Å². The molecule has 3 aromatic rings. The van der Waals surface area contributed by atoms with Gasteiger partial charge in [-0.1, -0.05) is 48.5 Å². The maximum atomic E-state index is 12.4. The number of benzene rings is 2. The SMILES string of the molecule is Cc1cccc2cc(C(=O)N[C@H](CO)c3ccccc3)[nH]c12. The second kappa shape index (κ2) is 6.03. The number of carbonyl (C=O) groups is 1. The fourth-order valence-electron chi connectivity index (χ4n) is 2.59. The Morgan fingerprint density at radius 1 is 1.18 bits per heavy atom. The highest BCUT2D eigenvalue weighted by molar-refractivity contribution is 5.98. The van der Waals surface area contributed by atoms with Crippen LogP contribution in [-0.2, 0) is 0 Å². The van der Waals surface area contributed by atoms with Crippen LogP contribution in [0.25, 0.3) is 10.9 Å². The van der Waals surface area contributed by atoms with Crippen molar-refractivity contribution in [1.82, 2.24) is 10.3 Å². The number of para-hydroxylation sites is 1. The molecular formula is C18H18N2O2. The Kier molecular flexibility index (Phi) is 3.94. The van der Waals surface area contributed by atoms with Crippen molar-refractivity contribution in [3.63, 3.8) is 0 Å². The zero-order valence-corrected chi connectivity index (χ0v) is 12.3. The topological polar surface area (TPSA) is 65.1 Å². The summed E-state index contributed by atoms with van der Waals surface area (Å²) in [5.41, 5.74) is 3.44. The summed E-state index contributed by atoms with van der Waals surface area (Å²) >= 11 is 0. The lowest BCUT2D eigenvalue weighted by atomic mass is 10.1. The molecule has 0 unspecified atom stereocenters. The number of hydrogen-bond acceptors (Lipinski definition) is 2. The van der Waals surface area contributed by atoms with Crippen LogP contribution in [0.4, 0.5) is 0 Å². The molecule has 1 atom stereocenters. The van der Waals surface area contributed by atoms with Crippen LogP contribution in [-0.4, -0.2) is 22.6 Å². The van der Waals surface area contributed by atoms with E-state index in [4.69, 9.17) is 0 Å². The standard InChI is InChI=1S/C18H18N2O2/c1-12-6-5-9-14-10-15(19-17(12)14)18(22)20-16(11-21)13-7-3-2-4-8-13/h2-10,16,19,21H,11H2,1H3,(H,20,22)/t16-/m1/s1. The van der Waals surface area contributed by atoms with Gasteiger partial charge in [0, 0.05) is 10.9 Å². The van der Waals surface area contributed by atoms with E-state index in [-0.39, 0.29) is 12.5 Å². The lowest BCUT2D eigenvalue weighted by molar-refractivity contribution is 0.0912. The monoisotopic (exact) mass is 294 g/mol. The van der Waals surface area contributed by atoms with Crippen LogP contribution in [0.15, 0.2) is 54.6 Å². The Morgan fingerprint density at radius 3 is 2.64 bits per heavy atom. The summed E-state index contributed by atoms with van der Waals surface area (Å²) in [4.78, 5) is 15.6. The molecule has 2 aromatic carbocycles. The van der Waals surface area contributed by atoms with Crippen molar-refractivity contribution in [3.8, 4) is 0 Å². The largest absolute Gasteiger partial charge is 0.394 e. The molecule has 0 radical (unpaired) electrons. The molecule has 1 heterocycles. The molecule has 0 aliphatic carbocycles. The number of carbonyl (C=O) groups excluding carboxylic acids is 1. The molecular weight excluding hydrogens is 276 g/mol. The molecule has 0 aliphatic rings. The number of aliphatic hydroxyl groups is 1. The smallest absolute Gasteiger partial charge is 0.268 e. The van der Waals surface area contributed by atoms with Crippen molar-refractivity contribution < 1.29 is 9.90 Å². The number of aromatic nitrogens is 1. The average Bonchev–Trinajstić information content (AvgIpc) is 2.99. The van der Waals surface area contributed by atoms with Crippen LogP contribution >= 0.6 is 0 Å². The first-order valence-electron chi connectivity index (χ1n) is 7.24. The van der Waals surface area contributed by atoms with E-state index in [1.807, 2.05) is 61.5 Å². The summed E-state index contributed by atoms with van der Waals surface area (Å²) in [6.45, 7) is 1.86. The van der Waals surface area contributed by atoms with Gasteiger partial charge in [0.05, 0.1) is 12.6 Å². The maximum Gasteiger partial charge on any atom is 0.268 e. The van der Waals surface area contributed by atoms with Gasteiger partial charge in [-0.15, -0.1) is 0 Å². The number of hydrogen-bond donors (Lipinski definition) is 3. The number of rotatable bonds is 4. The van der Waals surface area contributed by atoms with Crippen LogP contribution < -0.4 is 5.32 Å². The molecule has 0 saturated heterocycles. The summed E-state index contributed by atoms with van der Waals surface area (Å²) in [6.07, 6.45) is 0. The molecule has 0 bridgehead atoms. The maximum absolute atomic E-state index is 12.4. The van der Waals surface area contributed by atoms with E-state index >= 15 is 0 Å². The first-order valence-corrected chi connectivity index (χ1v) is 7.24. The van der Waals surface area contributed by atoms with Gasteiger partial charge in [-0.25, -0.2) is 0 Å². The number of amides is 1. The Morgan fingerprint density at radius 2 is 1.95 bits per heavy atom. The number of aromatic amines is 1. The number of H-pyrrole nitrogens is 1. The molecule has 4 nitrogen and oxygen atoms in total. The van der Waals surface area contributed by atoms with Crippen molar-refractivity contribution in [3.05, 3.63) is 71.4 Å². The number of aliphatic hydroxyl groups excluding tert-OH is 1. The summed E-state index contributed by atoms with van der Waals surface area (Å²) in [6, 6.07) is 16.8. The lowest BCUT2D eigenvalue weighted by Crippen LogP contribution is -2.30. The van der Waals surface area contributed by atoms with E-state index in [9.17, 15) is 9.90 Å². The first-order chi connectivity index (χ1) is 10.7. The van der Waals surface area contributed by atoms with Crippen molar-refractivity contribution in [1.29, 1.82) is 0 Å². The third-order valence-electron chi connectivity index (χ3n) is 3.80. The number of nitrogens with one attached hydrogen (secondary N) is 2. The molecule has 22 heavy (non-hydrogen) atoms. The normalized spacial score (nSPS) is 12.3. The highest BCUT2D eigenvalue weighted by Gasteiger charge is 2.16. The summed E-state index contributed by atoms with van der Waals surface area (Å²) in [5, 5.41) is 13.4. The zero-order chi connectivity index (χ0) is 15.5. The second-order valence-corrected chi connectivity index (χ2v) is 5.34. The van der Waals surface area contributed by atoms with Gasteiger partial charge < -0.3 is 15.4 Å². The predicted molar refractivity (Wildman–Crippen MR) is 86.8 cm³/mol. The third-order valence-corrected chi connectivity index (χ3v) is 3.80. The summed E-state index contributed by atoms with van der Waals surface area (Å²) in [7, 11) is 0. The van der Waals surface area contributed by atoms with Gasteiger partial charge in [0.15, 0.2) is 0 Å². The highest BCUT2D eigenvalue weighted by atomic mass is 16.3. The van der Waals surface area contributed by atoms with E-state index in [2.05, 4.69) is 10.3 Å². The molecule has 4 heteroatoms. The molecule has 3 N–H and O–H groups in total. The van der Waals surface area contributed by atoms with Crippen molar-refractivity contribution >= 4 is 16.8 Å². The van der Waals surface area contributed by atoms with Gasteiger partial charge in [-0.05, 0) is 24.1 Å². The zero-order valence-electron chi connectivity index (χ0n) is 12.3. The fraction of sp³-hybridized carbons (Fsp3) is 0.167. The van der Waals surface area contributed by atoms with Gasteiger partial charge >= 0.3 is 0 Å². The molecule has 0 saturated carbocycles. The summed E-state index contributed by atoms with van der Waals surface area (Å²) in [5.74, 6) is -0.224. The number of fused-ring (bicyclic) bond motifs is 1. The fourth-order valence-corrected chi connectivity index (χ4v) is 2.59. The van der Waals surface area contributed by atoms with E-state index < -0.39 is 6.04 Å². The third kappa shape index (κ3) is 2.73. The Balaban J connectivity index is 1.85. The van der Waals surface area contributed by atoms with Gasteiger partial charge in [-0.3, -0.25) is 4.79 Å². The minimum atomic E-state index is -0.416. The average molecular weight is 294 g/mol. The number of aryl methyl sites for hydroxylation is 1. The highest BCUT2D eigenvalue weighted by Crippen LogP contribution is 2.19. The lowest BCUT2D eigenvalue weighted by Gasteiger charge is -2.16. The van der Waals surface area contributed by atoms with Crippen molar-refractivity contribution in [2.24, 2.45) is 0 Å². The van der Waals surface area contributed by atoms with Crippen molar-refractivity contribution in [2.75, 3.05) is 6.61 Å². The first kappa shape index (κ1) is 14.4. The molecule has 112 valence electrons. The second-order valence-electron chi connectivity index (χ2n) is 5.34. The quantitative estimate of drug-likeness (QED) is 0.692. The Hall–Kier alpha value is -2.59. The molecule has 1 amide bonds. The van der Waals surface area contributed by atoms with E-state index in [1.54, 1.807) is 0 Å². The molecule has 0 aliphatic heterocycles. The van der Waals surface area contributed by atoms with E-state index in [0.29, 0.717) is 5.69 Å². The minimum absolute atomic E-state index is 0.144. The van der Waals surface area contributed by atoms with Crippen LogP contribution in [0.3, 0.4) is 0 Å². The predicted octanol–water partition coefficient (Wildman–Crippen LogP) is 2.94. The Bertz CT molecular complexity index is 793. The molecule has 0 fully saturated rings. The van der Waals surface area contributed by atoms with Gasteiger partial charge in [0.2, 0.25) is 0 Å². The molecule has 1 aromatic heterocycles. The molecule has 3 rings (SSSR count). The van der Waals surface area contributed by atoms with Gasteiger partial charge in [0.1, 0.15) is 5.69 Å². The van der Waals surface area contributed by atoms with Crippen LogP contribution in [0, 0.1) is 6.92 Å². The van der Waals surface area contributed by atoms with Crippen LogP contribution in [0.2, 0.25) is 0 Å². The summed E-state index contributed by atoms with van der Waals surface area (Å²) < 4.78 is 0. The van der Waals surface area contributed by atoms with Crippen LogP contribution in [0.1, 0.15) is 27.7 Å². The molecule has 0 spiro atoms. The van der Waals surface area contributed by atoms with E-state index in [1.165, 1.54) is 0 Å².